The van der Waals surface area contributed by atoms with Crippen LogP contribution in [0.2, 0.25) is 0 Å². The molecule has 0 spiro atoms. The van der Waals surface area contributed by atoms with Gasteiger partial charge in [0.1, 0.15) is 0 Å². The first-order valence-corrected chi connectivity index (χ1v) is 11.8. The zero-order chi connectivity index (χ0) is 23.7. The molecule has 5 heteroatoms. The molecule has 2 heterocycles. The Morgan fingerprint density at radius 2 is 1.71 bits per heavy atom. The molecule has 0 bridgehead atoms. The lowest BCUT2D eigenvalue weighted by Crippen LogP contribution is -2.49. The molecule has 1 aliphatic rings. The number of rotatable bonds is 4. The summed E-state index contributed by atoms with van der Waals surface area (Å²) < 4.78 is 1.98. The molecule has 4 aromatic rings. The molecule has 0 unspecified atom stereocenters. The van der Waals surface area contributed by atoms with Crippen molar-refractivity contribution in [3.63, 3.8) is 0 Å². The van der Waals surface area contributed by atoms with Crippen molar-refractivity contribution in [3.05, 3.63) is 95.7 Å². The minimum absolute atomic E-state index is 0.0288. The molecule has 0 radical (unpaired) electrons. The standard InChI is InChI=1S/C29H29N3O2/c1-20-10-8-15-23(21-11-4-3-5-12-21)27(20)29(34)32-17-9-13-22(18-32)30-28(33)25-19-31(2)26-16-7-6-14-24(25)26/h3-8,10-12,14-16,19,22H,9,13,17-18H2,1-2H3,(H,30,33)/t22-/m1/s1. The predicted octanol–water partition coefficient (Wildman–Crippen LogP) is 5.19. The van der Waals surface area contributed by atoms with Crippen LogP contribution in [0.5, 0.6) is 0 Å². The van der Waals surface area contributed by atoms with Gasteiger partial charge in [0.05, 0.1) is 11.1 Å². The molecular weight excluding hydrogens is 422 g/mol. The van der Waals surface area contributed by atoms with Gasteiger partial charge in [-0.05, 0) is 42.5 Å². The molecule has 1 aliphatic heterocycles. The highest BCUT2D eigenvalue weighted by Gasteiger charge is 2.28. The lowest BCUT2D eigenvalue weighted by molar-refractivity contribution is 0.0676. The molecule has 1 atom stereocenters. The summed E-state index contributed by atoms with van der Waals surface area (Å²) in [6, 6.07) is 23.9. The lowest BCUT2D eigenvalue weighted by atomic mass is 9.94. The van der Waals surface area contributed by atoms with Crippen LogP contribution in [-0.2, 0) is 7.05 Å². The van der Waals surface area contributed by atoms with E-state index in [1.165, 1.54) is 0 Å². The Morgan fingerprint density at radius 1 is 0.941 bits per heavy atom. The van der Waals surface area contributed by atoms with Crippen LogP contribution in [0.15, 0.2) is 79.0 Å². The molecule has 2 amide bonds. The first-order chi connectivity index (χ1) is 16.5. The number of fused-ring (bicyclic) bond motifs is 1. The molecule has 34 heavy (non-hydrogen) atoms. The van der Waals surface area contributed by atoms with Crippen molar-refractivity contribution in [2.75, 3.05) is 13.1 Å². The Morgan fingerprint density at radius 3 is 2.53 bits per heavy atom. The van der Waals surface area contributed by atoms with E-state index in [0.29, 0.717) is 18.7 Å². The Labute approximate surface area is 200 Å². The molecule has 5 nitrogen and oxygen atoms in total. The fourth-order valence-electron chi connectivity index (χ4n) is 5.03. The van der Waals surface area contributed by atoms with Gasteiger partial charge in [-0.3, -0.25) is 9.59 Å². The van der Waals surface area contributed by atoms with Crippen LogP contribution in [0.3, 0.4) is 0 Å². The van der Waals surface area contributed by atoms with E-state index in [1.807, 2.05) is 102 Å². The molecule has 3 aromatic carbocycles. The summed E-state index contributed by atoms with van der Waals surface area (Å²) in [5, 5.41) is 4.13. The van der Waals surface area contributed by atoms with E-state index in [0.717, 1.165) is 46.0 Å². The van der Waals surface area contributed by atoms with Crippen LogP contribution >= 0.6 is 0 Å². The second kappa shape index (κ2) is 9.18. The van der Waals surface area contributed by atoms with Gasteiger partial charge in [0.15, 0.2) is 0 Å². The second-order valence-corrected chi connectivity index (χ2v) is 9.10. The average Bonchev–Trinajstić information content (AvgIpc) is 3.21. The normalized spacial score (nSPS) is 15.9. The van der Waals surface area contributed by atoms with Crippen molar-refractivity contribution in [1.82, 2.24) is 14.8 Å². The van der Waals surface area contributed by atoms with Crippen molar-refractivity contribution in [1.29, 1.82) is 0 Å². The topological polar surface area (TPSA) is 54.3 Å². The number of hydrogen-bond donors (Lipinski definition) is 1. The van der Waals surface area contributed by atoms with Gasteiger partial charge in [0.25, 0.3) is 11.8 Å². The van der Waals surface area contributed by atoms with Crippen LogP contribution in [0, 0.1) is 6.92 Å². The number of piperidine rings is 1. The first kappa shape index (κ1) is 22.0. The maximum absolute atomic E-state index is 13.7. The third-order valence-corrected chi connectivity index (χ3v) is 6.76. The van der Waals surface area contributed by atoms with E-state index in [4.69, 9.17) is 0 Å². The highest BCUT2D eigenvalue weighted by Crippen LogP contribution is 2.28. The lowest BCUT2D eigenvalue weighted by Gasteiger charge is -2.34. The summed E-state index contributed by atoms with van der Waals surface area (Å²) in [5.41, 5.74) is 5.40. The van der Waals surface area contributed by atoms with Gasteiger partial charge >= 0.3 is 0 Å². The molecular formula is C29H29N3O2. The molecule has 1 N–H and O–H groups in total. The Balaban J connectivity index is 1.36. The van der Waals surface area contributed by atoms with Crippen molar-refractivity contribution in [2.24, 2.45) is 7.05 Å². The zero-order valence-corrected chi connectivity index (χ0v) is 19.6. The summed E-state index contributed by atoms with van der Waals surface area (Å²) in [4.78, 5) is 28.8. The molecule has 1 saturated heterocycles. The third-order valence-electron chi connectivity index (χ3n) is 6.76. The van der Waals surface area contributed by atoms with Gasteiger partial charge in [-0.1, -0.05) is 66.7 Å². The smallest absolute Gasteiger partial charge is 0.254 e. The molecule has 172 valence electrons. The Bertz CT molecular complexity index is 1360. The van der Waals surface area contributed by atoms with Crippen LogP contribution in [0.1, 0.15) is 39.1 Å². The highest BCUT2D eigenvalue weighted by molar-refractivity contribution is 6.07. The molecule has 5 rings (SSSR count). The maximum atomic E-state index is 13.7. The van der Waals surface area contributed by atoms with Gasteiger partial charge in [-0.25, -0.2) is 0 Å². The maximum Gasteiger partial charge on any atom is 0.254 e. The van der Waals surface area contributed by atoms with Gasteiger partial charge in [-0.15, -0.1) is 0 Å². The summed E-state index contributed by atoms with van der Waals surface area (Å²) >= 11 is 0. The summed E-state index contributed by atoms with van der Waals surface area (Å²) in [6.45, 7) is 3.20. The predicted molar refractivity (Wildman–Crippen MR) is 136 cm³/mol. The fraction of sp³-hybridized carbons (Fsp3) is 0.241. The quantitative estimate of drug-likeness (QED) is 0.464. The van der Waals surface area contributed by atoms with Gasteiger partial charge in [0.2, 0.25) is 0 Å². The minimum atomic E-state index is -0.0861. The van der Waals surface area contributed by atoms with Crippen molar-refractivity contribution >= 4 is 22.7 Å². The number of carbonyl (C=O) groups excluding carboxylic acids is 2. The van der Waals surface area contributed by atoms with Gasteiger partial charge in [0, 0.05) is 43.3 Å². The SMILES string of the molecule is Cc1cccc(-c2ccccc2)c1C(=O)N1CCC[C@@H](NC(=O)c2cn(C)c3ccccc23)C1. The van der Waals surface area contributed by atoms with Crippen molar-refractivity contribution in [2.45, 2.75) is 25.8 Å². The number of hydrogen-bond acceptors (Lipinski definition) is 2. The minimum Gasteiger partial charge on any atom is -0.350 e. The Kier molecular flexibility index (Phi) is 5.93. The number of para-hydroxylation sites is 1. The van der Waals surface area contributed by atoms with Gasteiger partial charge < -0.3 is 14.8 Å². The summed E-state index contributed by atoms with van der Waals surface area (Å²) in [5.74, 6) is -0.0574. The Hall–Kier alpha value is -3.86. The number of carbonyl (C=O) groups is 2. The monoisotopic (exact) mass is 451 g/mol. The second-order valence-electron chi connectivity index (χ2n) is 9.10. The highest BCUT2D eigenvalue weighted by atomic mass is 16.2. The number of benzene rings is 3. The summed E-state index contributed by atoms with van der Waals surface area (Å²) in [7, 11) is 1.95. The van der Waals surface area contributed by atoms with E-state index in [2.05, 4.69) is 5.32 Å². The van der Waals surface area contributed by atoms with Crippen LogP contribution in [0.25, 0.3) is 22.0 Å². The van der Waals surface area contributed by atoms with Gasteiger partial charge in [-0.2, -0.15) is 0 Å². The van der Waals surface area contributed by atoms with Crippen molar-refractivity contribution < 1.29 is 9.59 Å². The largest absolute Gasteiger partial charge is 0.350 e. The zero-order valence-electron chi connectivity index (χ0n) is 19.6. The number of likely N-dealkylation sites (tertiary alicyclic amines) is 1. The molecule has 1 aromatic heterocycles. The van der Waals surface area contributed by atoms with Crippen LogP contribution < -0.4 is 5.32 Å². The third kappa shape index (κ3) is 4.10. The van der Waals surface area contributed by atoms with Crippen LogP contribution in [0.4, 0.5) is 0 Å². The van der Waals surface area contributed by atoms with E-state index in [-0.39, 0.29) is 17.9 Å². The summed E-state index contributed by atoms with van der Waals surface area (Å²) in [6.07, 6.45) is 3.60. The number of amides is 2. The molecule has 0 saturated carbocycles. The van der Waals surface area contributed by atoms with E-state index < -0.39 is 0 Å². The van der Waals surface area contributed by atoms with E-state index >= 15 is 0 Å². The average molecular weight is 452 g/mol. The number of nitrogens with zero attached hydrogens (tertiary/aromatic N) is 2. The number of aromatic nitrogens is 1. The number of nitrogens with one attached hydrogen (secondary N) is 1. The van der Waals surface area contributed by atoms with E-state index in [1.54, 1.807) is 0 Å². The van der Waals surface area contributed by atoms with E-state index in [9.17, 15) is 9.59 Å². The molecule has 0 aliphatic carbocycles. The molecule has 1 fully saturated rings. The number of aryl methyl sites for hydroxylation is 2. The fourth-order valence-corrected chi connectivity index (χ4v) is 5.03. The van der Waals surface area contributed by atoms with Crippen molar-refractivity contribution in [3.8, 4) is 11.1 Å². The first-order valence-electron chi connectivity index (χ1n) is 11.8. The van der Waals surface area contributed by atoms with Crippen LogP contribution in [-0.4, -0.2) is 40.4 Å².